The Morgan fingerprint density at radius 2 is 2.07 bits per heavy atom. The molecule has 0 unspecified atom stereocenters. The van der Waals surface area contributed by atoms with Gasteiger partial charge in [0.15, 0.2) is 0 Å². The number of carbonyl (C=O) groups excluding carboxylic acids is 1. The normalized spacial score (nSPS) is 11.7. The molecule has 0 aromatic carbocycles. The van der Waals surface area contributed by atoms with Crippen LogP contribution in [0.4, 0.5) is 13.2 Å². The van der Waals surface area contributed by atoms with Crippen LogP contribution in [0.25, 0.3) is 0 Å². The van der Waals surface area contributed by atoms with Gasteiger partial charge in [0.2, 0.25) is 0 Å². The molecule has 0 aliphatic carbocycles. The molecule has 1 aromatic heterocycles. The Bertz CT molecular complexity index is 301. The molecule has 1 heterocycles. The molecule has 2 nitrogen and oxygen atoms in total. The molecular formula is C10H11F3O2. The largest absolute Gasteiger partial charge is 0.469 e. The molecule has 0 saturated carbocycles. The molecule has 15 heavy (non-hydrogen) atoms. The zero-order valence-corrected chi connectivity index (χ0v) is 8.01. The second-order valence-corrected chi connectivity index (χ2v) is 3.23. The molecule has 0 bridgehead atoms. The van der Waals surface area contributed by atoms with Crippen LogP contribution in [-0.4, -0.2) is 12.0 Å². The van der Waals surface area contributed by atoms with E-state index in [0.717, 1.165) is 0 Å². The van der Waals surface area contributed by atoms with E-state index in [1.165, 1.54) is 6.26 Å². The van der Waals surface area contributed by atoms with E-state index in [9.17, 15) is 18.0 Å². The van der Waals surface area contributed by atoms with Crippen LogP contribution in [0.3, 0.4) is 0 Å². The number of furan rings is 1. The van der Waals surface area contributed by atoms with Crippen molar-refractivity contribution < 1.29 is 22.4 Å². The van der Waals surface area contributed by atoms with Crippen LogP contribution in [0.5, 0.6) is 0 Å². The fourth-order valence-electron chi connectivity index (χ4n) is 1.12. The molecule has 0 amide bonds. The zero-order valence-electron chi connectivity index (χ0n) is 8.01. The number of rotatable bonds is 5. The van der Waals surface area contributed by atoms with Crippen LogP contribution in [0.1, 0.15) is 25.0 Å². The van der Waals surface area contributed by atoms with Gasteiger partial charge in [-0.05, 0) is 12.1 Å². The highest BCUT2D eigenvalue weighted by molar-refractivity contribution is 5.78. The van der Waals surface area contributed by atoms with Gasteiger partial charge in [0, 0.05) is 19.3 Å². The fourth-order valence-corrected chi connectivity index (χ4v) is 1.12. The van der Waals surface area contributed by atoms with E-state index in [1.54, 1.807) is 12.1 Å². The Morgan fingerprint density at radius 3 is 2.60 bits per heavy atom. The third-order valence-corrected chi connectivity index (χ3v) is 1.92. The predicted molar refractivity (Wildman–Crippen MR) is 47.3 cm³/mol. The molecule has 5 heteroatoms. The number of aryl methyl sites for hydroxylation is 1. The Kier molecular flexibility index (Phi) is 3.94. The van der Waals surface area contributed by atoms with Crippen molar-refractivity contribution in [2.24, 2.45) is 0 Å². The second-order valence-electron chi connectivity index (χ2n) is 3.23. The van der Waals surface area contributed by atoms with E-state index in [2.05, 4.69) is 0 Å². The third-order valence-electron chi connectivity index (χ3n) is 1.92. The number of carbonyl (C=O) groups is 1. The van der Waals surface area contributed by atoms with Gasteiger partial charge in [0.1, 0.15) is 11.5 Å². The molecule has 0 radical (unpaired) electrons. The van der Waals surface area contributed by atoms with E-state index < -0.39 is 19.0 Å². The maximum Gasteiger partial charge on any atom is 0.389 e. The molecule has 1 aromatic rings. The lowest BCUT2D eigenvalue weighted by Crippen LogP contribution is -2.11. The minimum atomic E-state index is -4.25. The summed E-state index contributed by atoms with van der Waals surface area (Å²) in [5.74, 6) is 0.235. The van der Waals surface area contributed by atoms with E-state index in [4.69, 9.17) is 4.42 Å². The van der Waals surface area contributed by atoms with Gasteiger partial charge in [0.25, 0.3) is 0 Å². The second kappa shape index (κ2) is 5.00. The molecule has 0 fully saturated rings. The van der Waals surface area contributed by atoms with Crippen molar-refractivity contribution in [1.82, 2.24) is 0 Å². The topological polar surface area (TPSA) is 30.2 Å². The average Bonchev–Trinajstić information content (AvgIpc) is 2.62. The molecule has 0 aliphatic heterocycles. The van der Waals surface area contributed by atoms with Crippen LogP contribution in [0, 0.1) is 0 Å². The van der Waals surface area contributed by atoms with Crippen LogP contribution in [-0.2, 0) is 11.2 Å². The summed E-state index contributed by atoms with van der Waals surface area (Å²) in [6.07, 6.45) is -3.79. The molecule has 1 rings (SSSR count). The molecule has 84 valence electrons. The number of ketones is 1. The van der Waals surface area contributed by atoms with Crippen molar-refractivity contribution in [3.63, 3.8) is 0 Å². The minimum Gasteiger partial charge on any atom is -0.469 e. The summed E-state index contributed by atoms with van der Waals surface area (Å²) in [6, 6.07) is 3.37. The SMILES string of the molecule is O=C(CCc1ccco1)CCC(F)(F)F. The first-order chi connectivity index (χ1) is 6.97. The van der Waals surface area contributed by atoms with Crippen molar-refractivity contribution in [3.8, 4) is 0 Å². The van der Waals surface area contributed by atoms with Gasteiger partial charge < -0.3 is 4.42 Å². The molecular weight excluding hydrogens is 209 g/mol. The highest BCUT2D eigenvalue weighted by atomic mass is 19.4. The van der Waals surface area contributed by atoms with Gasteiger partial charge >= 0.3 is 6.18 Å². The van der Waals surface area contributed by atoms with Crippen molar-refractivity contribution in [1.29, 1.82) is 0 Å². The number of alkyl halides is 3. The van der Waals surface area contributed by atoms with Crippen LogP contribution in [0.15, 0.2) is 22.8 Å². The summed E-state index contributed by atoms with van der Waals surface area (Å²) >= 11 is 0. The number of hydrogen-bond donors (Lipinski definition) is 0. The first-order valence-electron chi connectivity index (χ1n) is 4.58. The summed E-state index contributed by atoms with van der Waals surface area (Å²) in [4.78, 5) is 11.0. The quantitative estimate of drug-likeness (QED) is 0.763. The summed E-state index contributed by atoms with van der Waals surface area (Å²) in [6.45, 7) is 0. The maximum atomic E-state index is 11.8. The molecule has 0 saturated heterocycles. The van der Waals surface area contributed by atoms with Crippen LogP contribution in [0.2, 0.25) is 0 Å². The van der Waals surface area contributed by atoms with Gasteiger partial charge in [-0.2, -0.15) is 13.2 Å². The highest BCUT2D eigenvalue weighted by Gasteiger charge is 2.27. The average molecular weight is 220 g/mol. The molecule has 0 spiro atoms. The highest BCUT2D eigenvalue weighted by Crippen LogP contribution is 2.21. The van der Waals surface area contributed by atoms with Gasteiger partial charge in [-0.25, -0.2) is 0 Å². The Morgan fingerprint density at radius 1 is 1.33 bits per heavy atom. The van der Waals surface area contributed by atoms with Gasteiger partial charge in [0.05, 0.1) is 12.7 Å². The Labute approximate surface area is 85.1 Å². The van der Waals surface area contributed by atoms with Gasteiger partial charge in [-0.1, -0.05) is 0 Å². The Hall–Kier alpha value is -1.26. The number of Topliss-reactive ketones (excluding diaryl/α,β-unsaturated/α-hetero) is 1. The van der Waals surface area contributed by atoms with E-state index in [1.807, 2.05) is 0 Å². The first-order valence-corrected chi connectivity index (χ1v) is 4.58. The third kappa shape index (κ3) is 5.24. The molecule has 0 N–H and O–H groups in total. The lowest BCUT2D eigenvalue weighted by molar-refractivity contribution is -0.143. The lowest BCUT2D eigenvalue weighted by Gasteiger charge is -2.04. The smallest absolute Gasteiger partial charge is 0.389 e. The lowest BCUT2D eigenvalue weighted by atomic mass is 10.1. The van der Waals surface area contributed by atoms with Crippen molar-refractivity contribution in [2.75, 3.05) is 0 Å². The van der Waals surface area contributed by atoms with Crippen LogP contribution < -0.4 is 0 Å². The zero-order chi connectivity index (χ0) is 11.3. The Balaban J connectivity index is 2.20. The monoisotopic (exact) mass is 220 g/mol. The summed E-state index contributed by atoms with van der Waals surface area (Å²) < 4.78 is 40.2. The number of hydrogen-bond acceptors (Lipinski definition) is 2. The summed E-state index contributed by atoms with van der Waals surface area (Å²) in [5.41, 5.74) is 0. The van der Waals surface area contributed by atoms with Crippen molar-refractivity contribution in [2.45, 2.75) is 31.9 Å². The standard InChI is InChI=1S/C10H11F3O2/c11-10(12,13)6-5-8(14)3-4-9-2-1-7-15-9/h1-2,7H,3-6H2. The molecule has 0 atom stereocenters. The van der Waals surface area contributed by atoms with E-state index >= 15 is 0 Å². The van der Waals surface area contributed by atoms with Crippen LogP contribution >= 0.6 is 0 Å². The van der Waals surface area contributed by atoms with E-state index in [-0.39, 0.29) is 12.2 Å². The van der Waals surface area contributed by atoms with E-state index in [0.29, 0.717) is 12.2 Å². The maximum absolute atomic E-state index is 11.8. The number of halogens is 3. The summed E-state index contributed by atoms with van der Waals surface area (Å²) in [5, 5.41) is 0. The first kappa shape index (κ1) is 11.8. The molecule has 0 aliphatic rings. The van der Waals surface area contributed by atoms with Crippen molar-refractivity contribution >= 4 is 5.78 Å². The van der Waals surface area contributed by atoms with Crippen molar-refractivity contribution in [3.05, 3.63) is 24.2 Å². The van der Waals surface area contributed by atoms with Gasteiger partial charge in [-0.15, -0.1) is 0 Å². The summed E-state index contributed by atoms with van der Waals surface area (Å²) in [7, 11) is 0. The van der Waals surface area contributed by atoms with Gasteiger partial charge in [-0.3, -0.25) is 4.79 Å². The minimum absolute atomic E-state index is 0.101. The fraction of sp³-hybridized carbons (Fsp3) is 0.500. The predicted octanol–water partition coefficient (Wildman–Crippen LogP) is 3.12.